The number of rotatable bonds is 5. The Morgan fingerprint density at radius 2 is 2.11 bits per heavy atom. The molecule has 2 aromatic carbocycles. The van der Waals surface area contributed by atoms with Gasteiger partial charge in [0.05, 0.1) is 16.4 Å². The smallest absolute Gasteiger partial charge is 0.265 e. The summed E-state index contributed by atoms with van der Waals surface area (Å²) >= 11 is 1.59. The first-order valence-corrected chi connectivity index (χ1v) is 9.83. The Balaban J connectivity index is 1.41. The molecule has 2 heterocycles. The van der Waals surface area contributed by atoms with Crippen LogP contribution in [0.1, 0.15) is 11.4 Å². The number of nitrogens with one attached hydrogen (secondary N) is 1. The molecule has 1 aromatic heterocycles. The van der Waals surface area contributed by atoms with E-state index in [1.807, 2.05) is 60.8 Å². The number of ether oxygens (including phenoxy) is 1. The normalized spacial score (nSPS) is 13.0. The minimum atomic E-state index is -0.150. The van der Waals surface area contributed by atoms with Gasteiger partial charge >= 0.3 is 0 Å². The number of hydrogen-bond donors (Lipinski definition) is 1. The number of aryl methyl sites for hydroxylation is 1. The third-order valence-corrected chi connectivity index (χ3v) is 5.21. The molecule has 28 heavy (non-hydrogen) atoms. The molecule has 0 unspecified atom stereocenters. The van der Waals surface area contributed by atoms with Crippen LogP contribution in [-0.4, -0.2) is 29.9 Å². The Morgan fingerprint density at radius 1 is 1.25 bits per heavy atom. The van der Waals surface area contributed by atoms with Crippen LogP contribution in [-0.2, 0) is 9.59 Å². The number of aromatic nitrogens is 1. The fourth-order valence-electron chi connectivity index (χ4n) is 3.09. The standard InChI is InChI=1S/C21H19N3O3S/c1-14-22-17(13-28-14)15-5-4-6-16(11-15)23-20(25)9-10-24-18-7-2-3-8-19(18)27-12-21(24)26/h2-8,11,13H,9-10,12H2,1H3,(H,23,25). The predicted molar refractivity (Wildman–Crippen MR) is 110 cm³/mol. The van der Waals surface area contributed by atoms with Crippen LogP contribution >= 0.6 is 11.3 Å². The van der Waals surface area contributed by atoms with E-state index in [0.717, 1.165) is 16.3 Å². The molecule has 7 heteroatoms. The molecule has 3 aromatic rings. The van der Waals surface area contributed by atoms with Crippen molar-refractivity contribution >= 4 is 34.5 Å². The summed E-state index contributed by atoms with van der Waals surface area (Å²) in [4.78, 5) is 30.7. The Labute approximate surface area is 166 Å². The average Bonchev–Trinajstić information content (AvgIpc) is 3.14. The van der Waals surface area contributed by atoms with E-state index in [2.05, 4.69) is 10.3 Å². The van der Waals surface area contributed by atoms with E-state index < -0.39 is 0 Å². The third-order valence-electron chi connectivity index (χ3n) is 4.43. The van der Waals surface area contributed by atoms with Gasteiger partial charge in [0.1, 0.15) is 5.75 Å². The number of fused-ring (bicyclic) bond motifs is 1. The lowest BCUT2D eigenvalue weighted by molar-refractivity contribution is -0.121. The molecule has 0 spiro atoms. The second-order valence-electron chi connectivity index (χ2n) is 6.43. The summed E-state index contributed by atoms with van der Waals surface area (Å²) in [5.41, 5.74) is 3.27. The molecule has 0 saturated heterocycles. The molecular weight excluding hydrogens is 374 g/mol. The van der Waals surface area contributed by atoms with Crippen molar-refractivity contribution < 1.29 is 14.3 Å². The quantitative estimate of drug-likeness (QED) is 0.714. The number of benzene rings is 2. The summed E-state index contributed by atoms with van der Waals surface area (Å²) in [6, 6.07) is 15.0. The van der Waals surface area contributed by atoms with Crippen LogP contribution in [0.4, 0.5) is 11.4 Å². The zero-order chi connectivity index (χ0) is 19.5. The number of nitrogens with zero attached hydrogens (tertiary/aromatic N) is 2. The molecule has 1 aliphatic heterocycles. The molecule has 4 rings (SSSR count). The van der Waals surface area contributed by atoms with Crippen molar-refractivity contribution in [2.75, 3.05) is 23.4 Å². The Bertz CT molecular complexity index is 1030. The highest BCUT2D eigenvalue weighted by Gasteiger charge is 2.25. The van der Waals surface area contributed by atoms with Gasteiger partial charge in [-0.15, -0.1) is 11.3 Å². The molecule has 0 radical (unpaired) electrons. The molecule has 0 aliphatic carbocycles. The summed E-state index contributed by atoms with van der Waals surface area (Å²) in [7, 11) is 0. The van der Waals surface area contributed by atoms with Crippen LogP contribution in [0, 0.1) is 6.92 Å². The molecule has 0 atom stereocenters. The van der Waals surface area contributed by atoms with Crippen molar-refractivity contribution in [2.45, 2.75) is 13.3 Å². The maximum Gasteiger partial charge on any atom is 0.265 e. The molecule has 0 bridgehead atoms. The number of para-hydroxylation sites is 2. The van der Waals surface area contributed by atoms with Gasteiger partial charge in [0.2, 0.25) is 5.91 Å². The van der Waals surface area contributed by atoms with E-state index in [1.165, 1.54) is 0 Å². The van der Waals surface area contributed by atoms with Crippen molar-refractivity contribution in [3.8, 4) is 17.0 Å². The molecular formula is C21H19N3O3S. The molecule has 1 N–H and O–H groups in total. The highest BCUT2D eigenvalue weighted by molar-refractivity contribution is 7.09. The molecule has 142 valence electrons. The summed E-state index contributed by atoms with van der Waals surface area (Å²) in [5, 5.41) is 5.90. The highest BCUT2D eigenvalue weighted by atomic mass is 32.1. The van der Waals surface area contributed by atoms with Gasteiger partial charge in [0, 0.05) is 29.6 Å². The first kappa shape index (κ1) is 18.2. The SMILES string of the molecule is Cc1nc(-c2cccc(NC(=O)CCN3C(=O)COc4ccccc43)c2)cs1. The summed E-state index contributed by atoms with van der Waals surface area (Å²) < 4.78 is 5.43. The Kier molecular flexibility index (Phi) is 5.08. The van der Waals surface area contributed by atoms with E-state index in [-0.39, 0.29) is 24.8 Å². The summed E-state index contributed by atoms with van der Waals surface area (Å²) in [5.74, 6) is 0.365. The van der Waals surface area contributed by atoms with Gasteiger partial charge in [-0.05, 0) is 31.2 Å². The van der Waals surface area contributed by atoms with Crippen LogP contribution in [0.2, 0.25) is 0 Å². The van der Waals surface area contributed by atoms with Crippen molar-refractivity contribution in [3.63, 3.8) is 0 Å². The highest BCUT2D eigenvalue weighted by Crippen LogP contribution is 2.31. The molecule has 0 fully saturated rings. The maximum atomic E-state index is 12.4. The fraction of sp³-hybridized carbons (Fsp3) is 0.190. The number of carbonyl (C=O) groups is 2. The fourth-order valence-corrected chi connectivity index (χ4v) is 3.71. The van der Waals surface area contributed by atoms with Crippen LogP contribution in [0.5, 0.6) is 5.75 Å². The van der Waals surface area contributed by atoms with Gasteiger partial charge in [0.25, 0.3) is 5.91 Å². The zero-order valence-corrected chi connectivity index (χ0v) is 16.2. The van der Waals surface area contributed by atoms with Crippen molar-refractivity contribution in [3.05, 3.63) is 58.9 Å². The van der Waals surface area contributed by atoms with E-state index in [9.17, 15) is 9.59 Å². The lowest BCUT2D eigenvalue weighted by Gasteiger charge is -2.29. The molecule has 2 amide bonds. The van der Waals surface area contributed by atoms with Crippen molar-refractivity contribution in [1.82, 2.24) is 4.98 Å². The van der Waals surface area contributed by atoms with E-state index in [0.29, 0.717) is 23.7 Å². The minimum absolute atomic E-state index is 0.00621. The Morgan fingerprint density at radius 3 is 2.93 bits per heavy atom. The van der Waals surface area contributed by atoms with Gasteiger partial charge in [-0.3, -0.25) is 9.59 Å². The maximum absolute atomic E-state index is 12.4. The first-order chi connectivity index (χ1) is 13.6. The van der Waals surface area contributed by atoms with Gasteiger partial charge in [-0.25, -0.2) is 4.98 Å². The topological polar surface area (TPSA) is 71.5 Å². The Hall–Kier alpha value is -3.19. The van der Waals surface area contributed by atoms with E-state index in [1.54, 1.807) is 16.2 Å². The lowest BCUT2D eigenvalue weighted by Crippen LogP contribution is -2.40. The van der Waals surface area contributed by atoms with Crippen LogP contribution in [0.25, 0.3) is 11.3 Å². The minimum Gasteiger partial charge on any atom is -0.482 e. The molecule has 0 saturated carbocycles. The largest absolute Gasteiger partial charge is 0.482 e. The average molecular weight is 393 g/mol. The number of anilines is 2. The van der Waals surface area contributed by atoms with Gasteiger partial charge < -0.3 is 15.0 Å². The van der Waals surface area contributed by atoms with E-state index in [4.69, 9.17) is 4.74 Å². The lowest BCUT2D eigenvalue weighted by atomic mass is 10.1. The summed E-state index contributed by atoms with van der Waals surface area (Å²) in [6.07, 6.45) is 0.195. The number of hydrogen-bond acceptors (Lipinski definition) is 5. The predicted octanol–water partition coefficient (Wildman–Crippen LogP) is 3.87. The van der Waals surface area contributed by atoms with Crippen molar-refractivity contribution in [2.24, 2.45) is 0 Å². The van der Waals surface area contributed by atoms with Crippen LogP contribution in [0.3, 0.4) is 0 Å². The first-order valence-electron chi connectivity index (χ1n) is 8.95. The van der Waals surface area contributed by atoms with E-state index >= 15 is 0 Å². The number of amides is 2. The monoisotopic (exact) mass is 393 g/mol. The van der Waals surface area contributed by atoms with Crippen molar-refractivity contribution in [1.29, 1.82) is 0 Å². The molecule has 1 aliphatic rings. The number of thiazole rings is 1. The third kappa shape index (κ3) is 3.89. The zero-order valence-electron chi connectivity index (χ0n) is 15.3. The second kappa shape index (κ2) is 7.82. The van der Waals surface area contributed by atoms with Gasteiger partial charge in [0.15, 0.2) is 6.61 Å². The summed E-state index contributed by atoms with van der Waals surface area (Å²) in [6.45, 7) is 2.26. The van der Waals surface area contributed by atoms with Gasteiger partial charge in [-0.1, -0.05) is 24.3 Å². The van der Waals surface area contributed by atoms with Gasteiger partial charge in [-0.2, -0.15) is 0 Å². The van der Waals surface area contributed by atoms with Crippen LogP contribution < -0.4 is 15.0 Å². The number of carbonyl (C=O) groups excluding carboxylic acids is 2. The second-order valence-corrected chi connectivity index (χ2v) is 7.49. The molecule has 6 nitrogen and oxygen atoms in total. The van der Waals surface area contributed by atoms with Crippen LogP contribution in [0.15, 0.2) is 53.9 Å².